The molecule has 0 saturated carbocycles. The minimum absolute atomic E-state index is 0.525. The molecule has 0 radical (unpaired) electrons. The van der Waals surface area contributed by atoms with E-state index in [1.807, 2.05) is 29.8 Å². The molecule has 4 nitrogen and oxygen atoms in total. The van der Waals surface area contributed by atoms with Gasteiger partial charge in [0.25, 0.3) is 0 Å². The standard InChI is InChI=1S/C17H20N4/c1-13(15-8-4-3-5-9-15)10-11-18-17-19-16-14(2)7-6-12-21(16)20-17/h3-9,12-13H,10-11H2,1-2H3,(H,18,20). The zero-order valence-corrected chi connectivity index (χ0v) is 12.5. The summed E-state index contributed by atoms with van der Waals surface area (Å²) >= 11 is 0. The number of fused-ring (bicyclic) bond motifs is 1. The van der Waals surface area contributed by atoms with Crippen LogP contribution in [0.4, 0.5) is 5.95 Å². The summed E-state index contributed by atoms with van der Waals surface area (Å²) in [5.74, 6) is 1.22. The number of hydrogen-bond donors (Lipinski definition) is 1. The van der Waals surface area contributed by atoms with Crippen molar-refractivity contribution >= 4 is 11.6 Å². The highest BCUT2D eigenvalue weighted by molar-refractivity contribution is 5.49. The molecule has 0 aliphatic carbocycles. The van der Waals surface area contributed by atoms with Crippen LogP contribution in [0, 0.1) is 6.92 Å². The van der Waals surface area contributed by atoms with Gasteiger partial charge in [0.1, 0.15) is 0 Å². The second-order valence-corrected chi connectivity index (χ2v) is 5.42. The predicted molar refractivity (Wildman–Crippen MR) is 85.7 cm³/mol. The van der Waals surface area contributed by atoms with Crippen molar-refractivity contribution in [1.29, 1.82) is 0 Å². The van der Waals surface area contributed by atoms with Gasteiger partial charge in [-0.3, -0.25) is 0 Å². The lowest BCUT2D eigenvalue weighted by atomic mass is 9.98. The van der Waals surface area contributed by atoms with Gasteiger partial charge in [-0.25, -0.2) is 4.52 Å². The van der Waals surface area contributed by atoms with E-state index in [9.17, 15) is 0 Å². The van der Waals surface area contributed by atoms with Crippen LogP contribution < -0.4 is 5.32 Å². The van der Waals surface area contributed by atoms with Crippen LogP contribution in [-0.2, 0) is 0 Å². The molecule has 0 aliphatic rings. The summed E-state index contributed by atoms with van der Waals surface area (Å²) in [6.45, 7) is 5.16. The fourth-order valence-corrected chi connectivity index (χ4v) is 2.46. The zero-order valence-electron chi connectivity index (χ0n) is 12.5. The molecule has 108 valence electrons. The highest BCUT2D eigenvalue weighted by atomic mass is 15.3. The Morgan fingerprint density at radius 1 is 1.14 bits per heavy atom. The molecule has 0 saturated heterocycles. The summed E-state index contributed by atoms with van der Waals surface area (Å²) in [6, 6.07) is 14.6. The Labute approximate surface area is 124 Å². The molecule has 0 amide bonds. The molecular weight excluding hydrogens is 260 g/mol. The van der Waals surface area contributed by atoms with E-state index in [-0.39, 0.29) is 0 Å². The van der Waals surface area contributed by atoms with Crippen LogP contribution in [0.1, 0.15) is 30.4 Å². The largest absolute Gasteiger partial charge is 0.353 e. The molecule has 1 N–H and O–H groups in total. The van der Waals surface area contributed by atoms with Gasteiger partial charge in [0.15, 0.2) is 5.65 Å². The van der Waals surface area contributed by atoms with E-state index in [0.29, 0.717) is 11.9 Å². The summed E-state index contributed by atoms with van der Waals surface area (Å²) in [7, 11) is 0. The molecule has 21 heavy (non-hydrogen) atoms. The average molecular weight is 280 g/mol. The fraction of sp³-hybridized carbons (Fsp3) is 0.294. The van der Waals surface area contributed by atoms with E-state index in [1.165, 1.54) is 5.56 Å². The summed E-state index contributed by atoms with van der Waals surface area (Å²) in [5, 5.41) is 7.76. The van der Waals surface area contributed by atoms with Gasteiger partial charge in [-0.15, -0.1) is 5.10 Å². The zero-order chi connectivity index (χ0) is 14.7. The third kappa shape index (κ3) is 3.05. The van der Waals surface area contributed by atoms with Gasteiger partial charge in [-0.1, -0.05) is 43.3 Å². The lowest BCUT2D eigenvalue weighted by Gasteiger charge is -2.11. The summed E-state index contributed by atoms with van der Waals surface area (Å²) in [6.07, 6.45) is 2.98. The topological polar surface area (TPSA) is 42.2 Å². The second-order valence-electron chi connectivity index (χ2n) is 5.42. The fourth-order valence-electron chi connectivity index (χ4n) is 2.46. The maximum Gasteiger partial charge on any atom is 0.243 e. The number of benzene rings is 1. The van der Waals surface area contributed by atoms with Crippen LogP contribution in [0.5, 0.6) is 0 Å². The first-order chi connectivity index (χ1) is 10.2. The minimum Gasteiger partial charge on any atom is -0.353 e. The number of anilines is 1. The Morgan fingerprint density at radius 2 is 1.95 bits per heavy atom. The smallest absolute Gasteiger partial charge is 0.243 e. The predicted octanol–water partition coefficient (Wildman–Crippen LogP) is 3.64. The van der Waals surface area contributed by atoms with Crippen molar-refractivity contribution in [3.8, 4) is 0 Å². The van der Waals surface area contributed by atoms with Crippen molar-refractivity contribution in [3.05, 3.63) is 59.8 Å². The Balaban J connectivity index is 1.61. The number of aryl methyl sites for hydroxylation is 1. The quantitative estimate of drug-likeness (QED) is 0.775. The van der Waals surface area contributed by atoms with Gasteiger partial charge in [-0.05, 0) is 36.5 Å². The first-order valence-corrected chi connectivity index (χ1v) is 7.35. The van der Waals surface area contributed by atoms with Crippen LogP contribution in [0.25, 0.3) is 5.65 Å². The van der Waals surface area contributed by atoms with Crippen molar-refractivity contribution < 1.29 is 0 Å². The van der Waals surface area contributed by atoms with Crippen molar-refractivity contribution in [3.63, 3.8) is 0 Å². The van der Waals surface area contributed by atoms with Gasteiger partial charge in [0.05, 0.1) is 0 Å². The van der Waals surface area contributed by atoms with Crippen molar-refractivity contribution in [2.45, 2.75) is 26.2 Å². The third-order valence-electron chi connectivity index (χ3n) is 3.79. The third-order valence-corrected chi connectivity index (χ3v) is 3.79. The van der Waals surface area contributed by atoms with Crippen molar-refractivity contribution in [2.75, 3.05) is 11.9 Å². The van der Waals surface area contributed by atoms with E-state index in [1.54, 1.807) is 0 Å². The summed E-state index contributed by atoms with van der Waals surface area (Å²) in [5.41, 5.74) is 3.42. The van der Waals surface area contributed by atoms with Crippen LogP contribution in [-0.4, -0.2) is 21.1 Å². The molecule has 2 aromatic heterocycles. The summed E-state index contributed by atoms with van der Waals surface area (Å²) < 4.78 is 1.82. The molecule has 1 aromatic carbocycles. The maximum atomic E-state index is 4.52. The number of nitrogens with zero attached hydrogens (tertiary/aromatic N) is 3. The summed E-state index contributed by atoms with van der Waals surface area (Å²) in [4.78, 5) is 4.52. The SMILES string of the molecule is Cc1cccn2nc(NCCC(C)c3ccccc3)nc12. The molecule has 0 bridgehead atoms. The Bertz CT molecular complexity index is 718. The van der Waals surface area contributed by atoms with Crippen LogP contribution in [0.3, 0.4) is 0 Å². The maximum absolute atomic E-state index is 4.52. The van der Waals surface area contributed by atoms with Gasteiger partial charge in [0.2, 0.25) is 5.95 Å². The molecule has 1 atom stereocenters. The van der Waals surface area contributed by atoms with Crippen LogP contribution in [0.2, 0.25) is 0 Å². The van der Waals surface area contributed by atoms with E-state index in [0.717, 1.165) is 24.2 Å². The van der Waals surface area contributed by atoms with E-state index in [4.69, 9.17) is 0 Å². The van der Waals surface area contributed by atoms with Gasteiger partial charge < -0.3 is 5.32 Å². The number of nitrogens with one attached hydrogen (secondary N) is 1. The second kappa shape index (κ2) is 5.95. The molecular formula is C17H20N4. The molecule has 2 heterocycles. The van der Waals surface area contributed by atoms with E-state index < -0.39 is 0 Å². The van der Waals surface area contributed by atoms with Gasteiger partial charge >= 0.3 is 0 Å². The highest BCUT2D eigenvalue weighted by Gasteiger charge is 2.07. The molecule has 0 spiro atoms. The van der Waals surface area contributed by atoms with Crippen molar-refractivity contribution in [2.24, 2.45) is 0 Å². The van der Waals surface area contributed by atoms with E-state index >= 15 is 0 Å². The number of hydrogen-bond acceptors (Lipinski definition) is 3. The molecule has 3 rings (SSSR count). The molecule has 1 unspecified atom stereocenters. The minimum atomic E-state index is 0.525. The van der Waals surface area contributed by atoms with E-state index in [2.05, 4.69) is 52.7 Å². The molecule has 3 aromatic rings. The Morgan fingerprint density at radius 3 is 2.71 bits per heavy atom. The normalized spacial score (nSPS) is 12.5. The van der Waals surface area contributed by atoms with Gasteiger partial charge in [-0.2, -0.15) is 4.98 Å². The first kappa shape index (κ1) is 13.6. The number of pyridine rings is 1. The number of aromatic nitrogens is 3. The lowest BCUT2D eigenvalue weighted by molar-refractivity contribution is 0.703. The Kier molecular flexibility index (Phi) is 3.86. The monoisotopic (exact) mass is 280 g/mol. The molecule has 4 heteroatoms. The first-order valence-electron chi connectivity index (χ1n) is 7.35. The molecule has 0 fully saturated rings. The highest BCUT2D eigenvalue weighted by Crippen LogP contribution is 2.18. The van der Waals surface area contributed by atoms with Gasteiger partial charge in [0, 0.05) is 12.7 Å². The number of rotatable bonds is 5. The van der Waals surface area contributed by atoms with Crippen molar-refractivity contribution in [1.82, 2.24) is 14.6 Å². The Hall–Kier alpha value is -2.36. The van der Waals surface area contributed by atoms with Crippen LogP contribution in [0.15, 0.2) is 48.7 Å². The molecule has 0 aliphatic heterocycles. The van der Waals surface area contributed by atoms with Crippen LogP contribution >= 0.6 is 0 Å². The lowest BCUT2D eigenvalue weighted by Crippen LogP contribution is -2.07. The average Bonchev–Trinajstić information content (AvgIpc) is 2.92.